The number of unbranched alkanes of at least 4 members (excludes halogenated alkanes) is 1. The molecule has 2 aromatic rings. The minimum Gasteiger partial charge on any atom is -0.494 e. The lowest BCUT2D eigenvalue weighted by Crippen LogP contribution is -2.52. The number of amides is 1. The number of rotatable bonds is 15. The fraction of sp³-hybridized carbons (Fsp3) is 0.407. The molecule has 0 aromatic heterocycles. The van der Waals surface area contributed by atoms with Crippen LogP contribution < -0.4 is 15.6 Å². The lowest BCUT2D eigenvalue weighted by Gasteiger charge is -2.30. The van der Waals surface area contributed by atoms with Crippen LogP contribution in [0.15, 0.2) is 71.3 Å². The second kappa shape index (κ2) is 14.0. The summed E-state index contributed by atoms with van der Waals surface area (Å²) in [5.41, 5.74) is 15.5. The van der Waals surface area contributed by atoms with Crippen molar-refractivity contribution in [2.24, 2.45) is 10.1 Å². The number of hydrazine groups is 1. The molecule has 0 radical (unpaired) electrons. The van der Waals surface area contributed by atoms with E-state index >= 15 is 0 Å². The van der Waals surface area contributed by atoms with Crippen molar-refractivity contribution < 1.29 is 19.4 Å². The first-order valence-corrected chi connectivity index (χ1v) is 12.4. The number of aliphatic imine (C=N–C) groups is 1. The predicted molar refractivity (Wildman–Crippen MR) is 142 cm³/mol. The van der Waals surface area contributed by atoms with Gasteiger partial charge in [0.25, 0.3) is 5.91 Å². The van der Waals surface area contributed by atoms with Gasteiger partial charge < -0.3 is 14.6 Å². The number of carbonyl (C=O) groups is 1. The van der Waals surface area contributed by atoms with E-state index in [1.54, 1.807) is 18.2 Å². The Morgan fingerprint density at radius 2 is 2.08 bits per heavy atom. The van der Waals surface area contributed by atoms with Crippen molar-refractivity contribution in [3.63, 3.8) is 0 Å². The van der Waals surface area contributed by atoms with Crippen LogP contribution in [0.3, 0.4) is 0 Å². The van der Waals surface area contributed by atoms with Crippen LogP contribution in [0, 0.1) is 0 Å². The van der Waals surface area contributed by atoms with Crippen molar-refractivity contribution in [2.75, 3.05) is 19.8 Å². The van der Waals surface area contributed by atoms with Gasteiger partial charge in [0.2, 0.25) is 5.90 Å². The van der Waals surface area contributed by atoms with Crippen LogP contribution in [-0.2, 0) is 16.1 Å². The molecule has 37 heavy (non-hydrogen) atoms. The number of aliphatic hydroxyl groups excluding tert-OH is 1. The van der Waals surface area contributed by atoms with Gasteiger partial charge in [-0.05, 0) is 47.3 Å². The molecule has 1 aliphatic heterocycles. The number of aliphatic hydroxyl groups is 1. The summed E-state index contributed by atoms with van der Waals surface area (Å²) in [6.07, 6.45) is 3.54. The van der Waals surface area contributed by atoms with E-state index in [0.29, 0.717) is 42.3 Å². The van der Waals surface area contributed by atoms with Crippen LogP contribution in [0.25, 0.3) is 10.4 Å². The average Bonchev–Trinajstić information content (AvgIpc) is 3.31. The van der Waals surface area contributed by atoms with Gasteiger partial charge in [-0.15, -0.1) is 6.58 Å². The predicted octanol–water partition coefficient (Wildman–Crippen LogP) is 4.51. The Morgan fingerprint density at radius 3 is 2.78 bits per heavy atom. The first-order valence-electron chi connectivity index (χ1n) is 12.4. The van der Waals surface area contributed by atoms with Crippen molar-refractivity contribution in [1.82, 2.24) is 10.9 Å². The summed E-state index contributed by atoms with van der Waals surface area (Å²) in [6, 6.07) is 14.6. The third-order valence-electron chi connectivity index (χ3n) is 5.98. The smallest absolute Gasteiger partial charge is 0.266 e. The zero-order valence-electron chi connectivity index (χ0n) is 21.1. The monoisotopic (exact) mass is 506 g/mol. The number of hydrogen-bond donors (Lipinski definition) is 3. The maximum Gasteiger partial charge on any atom is 0.266 e. The van der Waals surface area contributed by atoms with Gasteiger partial charge in [0, 0.05) is 36.5 Å². The molecule has 0 saturated heterocycles. The number of hydrogen-bond acceptors (Lipinski definition) is 7. The Kier molecular flexibility index (Phi) is 10.5. The molecule has 0 bridgehead atoms. The highest BCUT2D eigenvalue weighted by molar-refractivity contribution is 6.01. The van der Waals surface area contributed by atoms with E-state index in [2.05, 4.69) is 34.4 Å². The standard InChI is InChI=1S/C27H34N6O4/c1-3-5-16-29-32-26(35)27(15-4-2)24(23-10-7-6-9-21(23)19-30-33-28)37-25(31-27)20-11-13-22(14-12-20)36-18-8-17-34/h4,6-7,9-14,24,29,34H,2-3,5,8,15-19H2,1H3,(H,32,35)/t24-,27-/m0/s1. The minimum absolute atomic E-state index is 0.0615. The van der Waals surface area contributed by atoms with Crippen LogP contribution in [0.2, 0.25) is 0 Å². The topological polar surface area (TPSA) is 141 Å². The highest BCUT2D eigenvalue weighted by Crippen LogP contribution is 2.43. The number of azide groups is 1. The average molecular weight is 507 g/mol. The lowest BCUT2D eigenvalue weighted by atomic mass is 9.83. The Labute approximate surface area is 217 Å². The number of carbonyl (C=O) groups excluding carboxylic acids is 1. The van der Waals surface area contributed by atoms with Crippen molar-refractivity contribution in [1.29, 1.82) is 0 Å². The van der Waals surface area contributed by atoms with Gasteiger partial charge in [-0.25, -0.2) is 10.4 Å². The molecule has 0 saturated carbocycles. The summed E-state index contributed by atoms with van der Waals surface area (Å²) < 4.78 is 12.0. The molecule has 10 heteroatoms. The molecule has 0 aliphatic carbocycles. The molecule has 0 fully saturated rings. The third kappa shape index (κ3) is 6.89. The molecule has 0 unspecified atom stereocenters. The van der Waals surface area contributed by atoms with Gasteiger partial charge in [-0.2, -0.15) is 0 Å². The van der Waals surface area contributed by atoms with Gasteiger partial charge in [-0.3, -0.25) is 10.2 Å². The summed E-state index contributed by atoms with van der Waals surface area (Å²) in [6.45, 7) is 7.16. The summed E-state index contributed by atoms with van der Waals surface area (Å²) in [5.74, 6) is 0.629. The van der Waals surface area contributed by atoms with Gasteiger partial charge >= 0.3 is 0 Å². The van der Waals surface area contributed by atoms with Gasteiger partial charge in [0.05, 0.1) is 13.2 Å². The normalized spacial score (nSPS) is 18.3. The fourth-order valence-corrected chi connectivity index (χ4v) is 4.07. The number of nitrogens with zero attached hydrogens (tertiary/aromatic N) is 4. The highest BCUT2D eigenvalue weighted by Gasteiger charge is 2.53. The second-order valence-electron chi connectivity index (χ2n) is 8.60. The molecular weight excluding hydrogens is 472 g/mol. The van der Waals surface area contributed by atoms with Gasteiger partial charge in [-0.1, -0.05) is 48.8 Å². The molecule has 10 nitrogen and oxygen atoms in total. The number of benzene rings is 2. The Bertz CT molecular complexity index is 1130. The SMILES string of the molecule is C=CC[C@]1(C(=O)NNCCCC)N=C(c2ccc(OCCCO)cc2)O[C@H]1c1ccccc1CN=[N+]=[N-]. The zero-order chi connectivity index (χ0) is 26.5. The number of nitrogens with one attached hydrogen (secondary N) is 2. The van der Waals surface area contributed by atoms with E-state index in [-0.39, 0.29) is 25.5 Å². The van der Waals surface area contributed by atoms with Crippen molar-refractivity contribution in [2.45, 2.75) is 50.8 Å². The zero-order valence-corrected chi connectivity index (χ0v) is 21.1. The molecule has 1 aliphatic rings. The Hall–Kier alpha value is -3.85. The minimum atomic E-state index is -1.33. The highest BCUT2D eigenvalue weighted by atomic mass is 16.5. The Morgan fingerprint density at radius 1 is 1.30 bits per heavy atom. The maximum atomic E-state index is 13.7. The van der Waals surface area contributed by atoms with Crippen LogP contribution in [0.1, 0.15) is 55.4 Å². The van der Waals surface area contributed by atoms with E-state index in [1.807, 2.05) is 36.4 Å². The molecule has 0 spiro atoms. The molecule has 2 aromatic carbocycles. The van der Waals surface area contributed by atoms with Crippen LogP contribution in [0.5, 0.6) is 5.75 Å². The van der Waals surface area contributed by atoms with E-state index in [9.17, 15) is 4.79 Å². The second-order valence-corrected chi connectivity index (χ2v) is 8.60. The molecule has 196 valence electrons. The molecule has 3 rings (SSSR count). The number of ether oxygens (including phenoxy) is 2. The molecular formula is C27H34N6O4. The van der Waals surface area contributed by atoms with Crippen molar-refractivity contribution >= 4 is 11.8 Å². The van der Waals surface area contributed by atoms with Gasteiger partial charge in [0.1, 0.15) is 5.75 Å². The molecule has 3 N–H and O–H groups in total. The fourth-order valence-electron chi connectivity index (χ4n) is 4.07. The summed E-state index contributed by atoms with van der Waals surface area (Å²) in [4.78, 5) is 21.4. The van der Waals surface area contributed by atoms with Gasteiger partial charge in [0.15, 0.2) is 11.6 Å². The molecule has 1 amide bonds. The van der Waals surface area contributed by atoms with E-state index in [1.165, 1.54) is 0 Å². The largest absolute Gasteiger partial charge is 0.494 e. The van der Waals surface area contributed by atoms with Crippen molar-refractivity contribution in [3.05, 3.63) is 88.3 Å². The van der Waals surface area contributed by atoms with Crippen LogP contribution in [-0.4, -0.2) is 42.2 Å². The lowest BCUT2D eigenvalue weighted by molar-refractivity contribution is -0.129. The van der Waals surface area contributed by atoms with Crippen LogP contribution in [0.4, 0.5) is 0 Å². The Balaban J connectivity index is 2.00. The molecule has 2 atom stereocenters. The van der Waals surface area contributed by atoms with E-state index < -0.39 is 11.6 Å². The summed E-state index contributed by atoms with van der Waals surface area (Å²) in [7, 11) is 0. The molecule has 1 heterocycles. The summed E-state index contributed by atoms with van der Waals surface area (Å²) >= 11 is 0. The quantitative estimate of drug-likeness (QED) is 0.0814. The third-order valence-corrected chi connectivity index (χ3v) is 5.98. The van der Waals surface area contributed by atoms with E-state index in [4.69, 9.17) is 25.1 Å². The van der Waals surface area contributed by atoms with Crippen molar-refractivity contribution in [3.8, 4) is 5.75 Å². The maximum absolute atomic E-state index is 13.7. The van der Waals surface area contributed by atoms with Crippen LogP contribution >= 0.6 is 0 Å². The summed E-state index contributed by atoms with van der Waals surface area (Å²) in [5, 5.41) is 12.7. The first kappa shape index (κ1) is 27.7. The first-order chi connectivity index (χ1) is 18.1. The van der Waals surface area contributed by atoms with E-state index in [0.717, 1.165) is 18.4 Å².